The van der Waals surface area contributed by atoms with Gasteiger partial charge in [-0.15, -0.1) is 0 Å². The van der Waals surface area contributed by atoms with Crippen molar-refractivity contribution in [2.75, 3.05) is 60.8 Å². The van der Waals surface area contributed by atoms with Crippen LogP contribution in [0.25, 0.3) is 10.8 Å². The van der Waals surface area contributed by atoms with E-state index < -0.39 is 6.10 Å². The predicted molar refractivity (Wildman–Crippen MR) is 181 cm³/mol. The van der Waals surface area contributed by atoms with Crippen LogP contribution >= 0.6 is 0 Å². The van der Waals surface area contributed by atoms with Crippen molar-refractivity contribution in [3.05, 3.63) is 101 Å². The molecule has 0 aliphatic carbocycles. The number of methoxy groups -OCH3 is 3. The summed E-state index contributed by atoms with van der Waals surface area (Å²) in [6.45, 7) is 3.21. The number of hydrogen-bond acceptors (Lipinski definition) is 9. The van der Waals surface area contributed by atoms with E-state index in [1.165, 1.54) is 12.1 Å². The van der Waals surface area contributed by atoms with Crippen LogP contribution in [0.3, 0.4) is 0 Å². The summed E-state index contributed by atoms with van der Waals surface area (Å²) in [6.07, 6.45) is -0.482. The quantitative estimate of drug-likeness (QED) is 0.131. The van der Waals surface area contributed by atoms with Gasteiger partial charge in [-0.2, -0.15) is 0 Å². The fourth-order valence-corrected chi connectivity index (χ4v) is 6.06. The van der Waals surface area contributed by atoms with Gasteiger partial charge in [0.15, 0.2) is 0 Å². The number of halogens is 1. The molecule has 0 saturated carbocycles. The second-order valence-corrected chi connectivity index (χ2v) is 11.8. The van der Waals surface area contributed by atoms with Crippen LogP contribution in [-0.2, 0) is 32.2 Å². The van der Waals surface area contributed by atoms with Crippen LogP contribution in [0.2, 0.25) is 0 Å². The Labute approximate surface area is 281 Å². The monoisotopic (exact) mass is 663 g/mol. The molecule has 0 spiro atoms. The van der Waals surface area contributed by atoms with Gasteiger partial charge in [-0.05, 0) is 59.0 Å². The maximum absolute atomic E-state index is 13.6. The lowest BCUT2D eigenvalue weighted by Crippen LogP contribution is -2.51. The summed E-state index contributed by atoms with van der Waals surface area (Å²) in [6, 6.07) is 24.7. The number of aliphatic hydroxyl groups is 1. The van der Waals surface area contributed by atoms with E-state index in [1.54, 1.807) is 27.4 Å². The standard InChI is InChI=1S/C38H46FNO8/c1-42-24-31(41)25-48-37-21-40-20-36(47-22-26-17-28-7-4-5-8-33(28)35(18-26)44-3)38(37)27-9-12-32(13-10-27)46-16-6-15-45-23-29-19-30(39)11-14-34(29)43-2/h4-5,7-14,17-19,31,36-38,40-41H,6,15-16,20-25H2,1-3H3/t31?,36-,37-,38?/m0/s1. The van der Waals surface area contributed by atoms with Gasteiger partial charge in [0.2, 0.25) is 0 Å². The third kappa shape index (κ3) is 9.65. The zero-order valence-corrected chi connectivity index (χ0v) is 27.9. The predicted octanol–water partition coefficient (Wildman–Crippen LogP) is 5.65. The molecular formula is C38H46FNO8. The highest BCUT2D eigenvalue weighted by molar-refractivity contribution is 5.89. The van der Waals surface area contributed by atoms with Crippen LogP contribution in [0.5, 0.6) is 17.2 Å². The molecule has 48 heavy (non-hydrogen) atoms. The highest BCUT2D eigenvalue weighted by Gasteiger charge is 2.36. The Balaban J connectivity index is 1.20. The van der Waals surface area contributed by atoms with Crippen molar-refractivity contribution in [3.8, 4) is 17.2 Å². The molecule has 1 aliphatic heterocycles. The lowest BCUT2D eigenvalue weighted by molar-refractivity contribution is -0.0856. The molecule has 0 bridgehead atoms. The number of rotatable bonds is 18. The lowest BCUT2D eigenvalue weighted by atomic mass is 9.85. The first-order valence-electron chi connectivity index (χ1n) is 16.3. The van der Waals surface area contributed by atoms with Crippen LogP contribution in [0.4, 0.5) is 4.39 Å². The molecule has 4 atom stereocenters. The Hall–Kier alpha value is -3.77. The first-order valence-corrected chi connectivity index (χ1v) is 16.3. The number of hydrogen-bond donors (Lipinski definition) is 2. The Bertz CT molecular complexity index is 1570. The van der Waals surface area contributed by atoms with Crippen LogP contribution in [0, 0.1) is 5.82 Å². The first-order chi connectivity index (χ1) is 23.5. The van der Waals surface area contributed by atoms with Crippen molar-refractivity contribution < 1.29 is 42.7 Å². The topological polar surface area (TPSA) is 96.9 Å². The number of nitrogens with one attached hydrogen (secondary N) is 1. The molecule has 9 nitrogen and oxygen atoms in total. The minimum atomic E-state index is -0.724. The van der Waals surface area contributed by atoms with Crippen LogP contribution in [-0.4, -0.2) is 84.3 Å². The second kappa shape index (κ2) is 18.1. The maximum atomic E-state index is 13.6. The molecule has 1 aliphatic rings. The van der Waals surface area contributed by atoms with Gasteiger partial charge in [-0.3, -0.25) is 0 Å². The molecule has 0 radical (unpaired) electrons. The van der Waals surface area contributed by atoms with Crippen LogP contribution < -0.4 is 19.5 Å². The second-order valence-electron chi connectivity index (χ2n) is 11.8. The fourth-order valence-electron chi connectivity index (χ4n) is 6.06. The van der Waals surface area contributed by atoms with E-state index in [4.69, 9.17) is 33.2 Å². The molecule has 2 N–H and O–H groups in total. The van der Waals surface area contributed by atoms with Crippen molar-refractivity contribution in [1.82, 2.24) is 5.32 Å². The number of benzene rings is 4. The van der Waals surface area contributed by atoms with Crippen LogP contribution in [0.15, 0.2) is 78.9 Å². The zero-order chi connectivity index (χ0) is 33.7. The summed E-state index contributed by atoms with van der Waals surface area (Å²) in [5.41, 5.74) is 2.75. The van der Waals surface area contributed by atoms with Gasteiger partial charge in [0, 0.05) is 43.5 Å². The van der Waals surface area contributed by atoms with Crippen molar-refractivity contribution in [2.24, 2.45) is 0 Å². The SMILES string of the molecule is COCC(O)CO[C@H]1CNC[C@H](OCc2cc(OC)c3ccccc3c2)C1c1ccc(OCCCOCc2cc(F)ccc2OC)cc1. The summed E-state index contributed by atoms with van der Waals surface area (Å²) < 4.78 is 54.2. The van der Waals surface area contributed by atoms with E-state index in [-0.39, 0.29) is 43.8 Å². The van der Waals surface area contributed by atoms with E-state index in [1.807, 2.05) is 36.4 Å². The van der Waals surface area contributed by atoms with Gasteiger partial charge < -0.3 is 43.6 Å². The van der Waals surface area contributed by atoms with Gasteiger partial charge in [-0.1, -0.05) is 36.4 Å². The zero-order valence-electron chi connectivity index (χ0n) is 27.9. The molecule has 4 aromatic carbocycles. The lowest BCUT2D eigenvalue weighted by Gasteiger charge is -2.39. The van der Waals surface area contributed by atoms with Gasteiger partial charge in [0.1, 0.15) is 29.2 Å². The average molecular weight is 664 g/mol. The molecule has 5 rings (SSSR count). The molecule has 2 unspecified atom stereocenters. The van der Waals surface area contributed by atoms with Crippen molar-refractivity contribution >= 4 is 10.8 Å². The van der Waals surface area contributed by atoms with Gasteiger partial charge >= 0.3 is 0 Å². The summed E-state index contributed by atoms with van der Waals surface area (Å²) in [5.74, 6) is 1.74. The summed E-state index contributed by atoms with van der Waals surface area (Å²) >= 11 is 0. The van der Waals surface area contributed by atoms with E-state index in [0.717, 1.165) is 33.4 Å². The molecular weight excluding hydrogens is 617 g/mol. The largest absolute Gasteiger partial charge is 0.496 e. The van der Waals surface area contributed by atoms with E-state index >= 15 is 0 Å². The van der Waals surface area contributed by atoms with E-state index in [2.05, 4.69) is 29.6 Å². The van der Waals surface area contributed by atoms with Crippen molar-refractivity contribution in [3.63, 3.8) is 0 Å². The summed E-state index contributed by atoms with van der Waals surface area (Å²) in [7, 11) is 4.79. The molecule has 1 fully saturated rings. The average Bonchev–Trinajstić information content (AvgIpc) is 3.11. The molecule has 1 heterocycles. The Kier molecular flexibility index (Phi) is 13.4. The number of ether oxygens (including phenoxy) is 7. The summed E-state index contributed by atoms with van der Waals surface area (Å²) in [4.78, 5) is 0. The third-order valence-corrected chi connectivity index (χ3v) is 8.39. The van der Waals surface area contributed by atoms with E-state index in [0.29, 0.717) is 50.6 Å². The minimum absolute atomic E-state index is 0.0920. The number of piperidine rings is 1. The highest BCUT2D eigenvalue weighted by Crippen LogP contribution is 2.33. The summed E-state index contributed by atoms with van der Waals surface area (Å²) in [5, 5.41) is 15.9. The molecule has 0 amide bonds. The third-order valence-electron chi connectivity index (χ3n) is 8.39. The highest BCUT2D eigenvalue weighted by atomic mass is 19.1. The Morgan fingerprint density at radius 3 is 2.35 bits per heavy atom. The number of aliphatic hydroxyl groups excluding tert-OH is 1. The maximum Gasteiger partial charge on any atom is 0.127 e. The fraction of sp³-hybridized carbons (Fsp3) is 0.421. The molecule has 1 saturated heterocycles. The molecule has 0 aromatic heterocycles. The Morgan fingerprint density at radius 2 is 1.58 bits per heavy atom. The van der Waals surface area contributed by atoms with Crippen molar-refractivity contribution in [1.29, 1.82) is 0 Å². The number of fused-ring (bicyclic) bond motifs is 1. The van der Waals surface area contributed by atoms with E-state index in [9.17, 15) is 9.50 Å². The first kappa shape index (κ1) is 35.5. The molecule has 258 valence electrons. The smallest absolute Gasteiger partial charge is 0.127 e. The molecule has 4 aromatic rings. The minimum Gasteiger partial charge on any atom is -0.496 e. The van der Waals surface area contributed by atoms with Gasteiger partial charge in [0.05, 0.1) is 66.1 Å². The van der Waals surface area contributed by atoms with Crippen molar-refractivity contribution in [2.45, 2.75) is 43.9 Å². The normalized spacial score (nSPS) is 18.5. The van der Waals surface area contributed by atoms with Gasteiger partial charge in [-0.25, -0.2) is 4.39 Å². The molecule has 10 heteroatoms. The van der Waals surface area contributed by atoms with Gasteiger partial charge in [0.25, 0.3) is 0 Å². The van der Waals surface area contributed by atoms with Crippen LogP contribution in [0.1, 0.15) is 29.0 Å². The Morgan fingerprint density at radius 1 is 0.812 bits per heavy atom.